The number of phenolic OH excluding ortho intramolecular Hbond substituents is 1. The second-order valence-electron chi connectivity index (χ2n) is 2.94. The molecule has 0 unspecified atom stereocenters. The van der Waals surface area contributed by atoms with Crippen molar-refractivity contribution in [1.29, 1.82) is 0 Å². The summed E-state index contributed by atoms with van der Waals surface area (Å²) in [6, 6.07) is 3.28. The molecule has 0 aliphatic carbocycles. The van der Waals surface area contributed by atoms with Crippen LogP contribution in [0.25, 0.3) is 0 Å². The van der Waals surface area contributed by atoms with Gasteiger partial charge < -0.3 is 15.9 Å². The van der Waals surface area contributed by atoms with Crippen LogP contribution in [0.2, 0.25) is 0 Å². The SMILES string of the molecule is C[C@H](O)[C@@H](N)c1cccc(F)c1O. The summed E-state index contributed by atoms with van der Waals surface area (Å²) in [4.78, 5) is 0. The lowest BCUT2D eigenvalue weighted by Gasteiger charge is -2.16. The molecule has 0 aliphatic heterocycles. The Labute approximate surface area is 75.6 Å². The summed E-state index contributed by atoms with van der Waals surface area (Å²) < 4.78 is 12.8. The molecule has 0 heterocycles. The number of aliphatic hydroxyl groups excluding tert-OH is 1. The molecule has 2 atom stereocenters. The normalized spacial score (nSPS) is 15.4. The number of halogens is 1. The maximum Gasteiger partial charge on any atom is 0.165 e. The molecule has 0 saturated heterocycles. The van der Waals surface area contributed by atoms with E-state index in [0.717, 1.165) is 6.07 Å². The minimum atomic E-state index is -0.826. The van der Waals surface area contributed by atoms with E-state index in [-0.39, 0.29) is 5.56 Å². The van der Waals surface area contributed by atoms with Gasteiger partial charge in [-0.25, -0.2) is 4.39 Å². The number of para-hydroxylation sites is 1. The topological polar surface area (TPSA) is 66.5 Å². The molecule has 1 rings (SSSR count). The lowest BCUT2D eigenvalue weighted by atomic mass is 10.0. The molecule has 0 spiro atoms. The highest BCUT2D eigenvalue weighted by atomic mass is 19.1. The van der Waals surface area contributed by atoms with Crippen molar-refractivity contribution in [2.45, 2.75) is 19.1 Å². The third kappa shape index (κ3) is 1.96. The van der Waals surface area contributed by atoms with Crippen LogP contribution >= 0.6 is 0 Å². The van der Waals surface area contributed by atoms with E-state index < -0.39 is 23.7 Å². The Hall–Kier alpha value is -1.13. The smallest absolute Gasteiger partial charge is 0.165 e. The number of rotatable bonds is 2. The summed E-state index contributed by atoms with van der Waals surface area (Å²) in [6.07, 6.45) is -0.826. The van der Waals surface area contributed by atoms with Crippen LogP contribution in [0.5, 0.6) is 5.75 Å². The van der Waals surface area contributed by atoms with Gasteiger partial charge in [0.1, 0.15) is 0 Å². The predicted octanol–water partition coefficient (Wildman–Crippen LogP) is 0.912. The van der Waals surface area contributed by atoms with Crippen molar-refractivity contribution >= 4 is 0 Å². The first-order valence-electron chi connectivity index (χ1n) is 3.95. The number of nitrogens with two attached hydrogens (primary N) is 1. The van der Waals surface area contributed by atoms with E-state index in [1.807, 2.05) is 0 Å². The highest BCUT2D eigenvalue weighted by Crippen LogP contribution is 2.26. The standard InChI is InChI=1S/C9H12FNO2/c1-5(12)8(11)6-3-2-4-7(10)9(6)13/h2-5,8,12-13H,11H2,1H3/t5-,8+/m0/s1. The van der Waals surface area contributed by atoms with E-state index in [9.17, 15) is 9.50 Å². The van der Waals surface area contributed by atoms with Crippen LogP contribution in [-0.4, -0.2) is 16.3 Å². The number of hydrogen-bond donors (Lipinski definition) is 3. The molecule has 1 aromatic rings. The second-order valence-corrected chi connectivity index (χ2v) is 2.94. The zero-order valence-electron chi connectivity index (χ0n) is 7.24. The maximum absolute atomic E-state index is 12.8. The Bertz CT molecular complexity index is 302. The Balaban J connectivity index is 3.07. The van der Waals surface area contributed by atoms with Gasteiger partial charge in [0.25, 0.3) is 0 Å². The fraction of sp³-hybridized carbons (Fsp3) is 0.333. The molecule has 0 saturated carbocycles. The fourth-order valence-corrected chi connectivity index (χ4v) is 1.06. The molecule has 0 fully saturated rings. The zero-order valence-corrected chi connectivity index (χ0v) is 7.24. The molecule has 1 aromatic carbocycles. The quantitative estimate of drug-likeness (QED) is 0.641. The summed E-state index contributed by atoms with van der Waals surface area (Å²) in [5.74, 6) is -1.22. The van der Waals surface area contributed by atoms with E-state index in [1.165, 1.54) is 19.1 Å². The molecular formula is C9H12FNO2. The molecule has 0 radical (unpaired) electrons. The van der Waals surface area contributed by atoms with Crippen molar-refractivity contribution in [2.24, 2.45) is 5.73 Å². The average Bonchev–Trinajstić information content (AvgIpc) is 2.08. The van der Waals surface area contributed by atoms with Crippen LogP contribution in [-0.2, 0) is 0 Å². The van der Waals surface area contributed by atoms with Crippen molar-refractivity contribution in [3.05, 3.63) is 29.6 Å². The van der Waals surface area contributed by atoms with Crippen LogP contribution in [0.4, 0.5) is 4.39 Å². The lowest BCUT2D eigenvalue weighted by molar-refractivity contribution is 0.162. The highest BCUT2D eigenvalue weighted by molar-refractivity contribution is 5.36. The van der Waals surface area contributed by atoms with Gasteiger partial charge in [-0.15, -0.1) is 0 Å². The molecule has 4 N–H and O–H groups in total. The monoisotopic (exact) mass is 185 g/mol. The molecule has 13 heavy (non-hydrogen) atoms. The Morgan fingerprint density at radius 1 is 1.46 bits per heavy atom. The van der Waals surface area contributed by atoms with Crippen molar-refractivity contribution in [1.82, 2.24) is 0 Å². The van der Waals surface area contributed by atoms with Crippen molar-refractivity contribution < 1.29 is 14.6 Å². The molecule has 0 bridgehead atoms. The van der Waals surface area contributed by atoms with E-state index in [1.54, 1.807) is 0 Å². The summed E-state index contributed by atoms with van der Waals surface area (Å²) in [5.41, 5.74) is 5.75. The van der Waals surface area contributed by atoms with Gasteiger partial charge in [-0.05, 0) is 13.0 Å². The van der Waals surface area contributed by atoms with Crippen LogP contribution in [0, 0.1) is 5.82 Å². The first-order valence-corrected chi connectivity index (χ1v) is 3.95. The van der Waals surface area contributed by atoms with Crippen LogP contribution in [0.1, 0.15) is 18.5 Å². The number of aromatic hydroxyl groups is 1. The average molecular weight is 185 g/mol. The number of benzene rings is 1. The van der Waals surface area contributed by atoms with Gasteiger partial charge in [-0.3, -0.25) is 0 Å². The van der Waals surface area contributed by atoms with Gasteiger partial charge in [0.15, 0.2) is 11.6 Å². The Morgan fingerprint density at radius 3 is 2.62 bits per heavy atom. The maximum atomic E-state index is 12.8. The van der Waals surface area contributed by atoms with E-state index in [2.05, 4.69) is 0 Å². The summed E-state index contributed by atoms with van der Waals surface area (Å²) in [5, 5.41) is 18.4. The molecular weight excluding hydrogens is 173 g/mol. The first-order chi connectivity index (χ1) is 6.04. The third-order valence-corrected chi connectivity index (χ3v) is 1.90. The van der Waals surface area contributed by atoms with Gasteiger partial charge in [0.05, 0.1) is 12.1 Å². The first kappa shape index (κ1) is 9.95. The molecule has 0 aliphatic rings. The Morgan fingerprint density at radius 2 is 2.08 bits per heavy atom. The van der Waals surface area contributed by atoms with Gasteiger partial charge in [0.2, 0.25) is 0 Å². The highest BCUT2D eigenvalue weighted by Gasteiger charge is 2.17. The minimum absolute atomic E-state index is 0.218. The predicted molar refractivity (Wildman–Crippen MR) is 46.7 cm³/mol. The summed E-state index contributed by atoms with van der Waals surface area (Å²) in [6.45, 7) is 1.48. The van der Waals surface area contributed by atoms with E-state index in [4.69, 9.17) is 10.8 Å². The fourth-order valence-electron chi connectivity index (χ4n) is 1.06. The molecule has 0 amide bonds. The lowest BCUT2D eigenvalue weighted by Crippen LogP contribution is -2.23. The summed E-state index contributed by atoms with van der Waals surface area (Å²) in [7, 11) is 0. The summed E-state index contributed by atoms with van der Waals surface area (Å²) >= 11 is 0. The van der Waals surface area contributed by atoms with E-state index in [0.29, 0.717) is 0 Å². The van der Waals surface area contributed by atoms with Crippen LogP contribution in [0.15, 0.2) is 18.2 Å². The molecule has 72 valence electrons. The van der Waals surface area contributed by atoms with Crippen molar-refractivity contribution in [2.75, 3.05) is 0 Å². The molecule has 3 nitrogen and oxygen atoms in total. The van der Waals surface area contributed by atoms with E-state index >= 15 is 0 Å². The number of aliphatic hydroxyl groups is 1. The van der Waals surface area contributed by atoms with Gasteiger partial charge >= 0.3 is 0 Å². The zero-order chi connectivity index (χ0) is 10.0. The molecule has 4 heteroatoms. The largest absolute Gasteiger partial charge is 0.505 e. The van der Waals surface area contributed by atoms with Crippen molar-refractivity contribution in [3.8, 4) is 5.75 Å². The van der Waals surface area contributed by atoms with Crippen LogP contribution < -0.4 is 5.73 Å². The van der Waals surface area contributed by atoms with Crippen molar-refractivity contribution in [3.63, 3.8) is 0 Å². The molecule has 0 aromatic heterocycles. The minimum Gasteiger partial charge on any atom is -0.505 e. The van der Waals surface area contributed by atoms with Crippen LogP contribution in [0.3, 0.4) is 0 Å². The number of hydrogen-bond acceptors (Lipinski definition) is 3. The third-order valence-electron chi connectivity index (χ3n) is 1.90. The van der Waals surface area contributed by atoms with Gasteiger partial charge in [-0.1, -0.05) is 12.1 Å². The van der Waals surface area contributed by atoms with Gasteiger partial charge in [-0.2, -0.15) is 0 Å². The second kappa shape index (κ2) is 3.72. The van der Waals surface area contributed by atoms with Gasteiger partial charge in [0, 0.05) is 5.56 Å². The Kier molecular flexibility index (Phi) is 2.85. The number of phenols is 1.